The number of hydrogen-bond acceptors (Lipinski definition) is 3. The normalized spacial score (nSPS) is 17.5. The summed E-state index contributed by atoms with van der Waals surface area (Å²) >= 11 is 1.81. The third kappa shape index (κ3) is 5.04. The molecule has 0 aromatic heterocycles. The minimum atomic E-state index is -0.781. The van der Waals surface area contributed by atoms with E-state index in [1.807, 2.05) is 18.7 Å². The summed E-state index contributed by atoms with van der Waals surface area (Å²) in [6, 6.07) is 7.00. The van der Waals surface area contributed by atoms with Gasteiger partial charge in [-0.15, -0.1) is 0 Å². The van der Waals surface area contributed by atoms with Crippen LogP contribution in [0, 0.1) is 13.8 Å². The molecule has 0 bridgehead atoms. The van der Waals surface area contributed by atoms with Crippen LogP contribution >= 0.6 is 11.8 Å². The van der Waals surface area contributed by atoms with Crippen molar-refractivity contribution in [2.45, 2.75) is 57.4 Å². The molecule has 2 N–H and O–H groups in total. The van der Waals surface area contributed by atoms with E-state index in [9.17, 15) is 9.90 Å². The molecule has 0 radical (unpaired) electrons. The van der Waals surface area contributed by atoms with Crippen molar-refractivity contribution < 1.29 is 9.90 Å². The van der Waals surface area contributed by atoms with E-state index in [2.05, 4.69) is 37.4 Å². The molecule has 0 heterocycles. The molecular weight excluding hydrogens is 282 g/mol. The highest BCUT2D eigenvalue weighted by Crippen LogP contribution is 2.26. The third-order valence-corrected chi connectivity index (χ3v) is 4.90. The van der Waals surface area contributed by atoms with Crippen molar-refractivity contribution in [2.75, 3.05) is 5.75 Å². The number of carbonyl (C=O) groups is 1. The molecule has 0 saturated heterocycles. The summed E-state index contributed by atoms with van der Waals surface area (Å²) in [6.07, 6.45) is 2.88. The quantitative estimate of drug-likeness (QED) is 0.722. The van der Waals surface area contributed by atoms with Gasteiger partial charge in [0.1, 0.15) is 5.54 Å². The lowest BCUT2D eigenvalue weighted by Gasteiger charge is -2.26. The molecule has 21 heavy (non-hydrogen) atoms. The second kappa shape index (κ2) is 6.84. The Morgan fingerprint density at radius 2 is 1.95 bits per heavy atom. The molecular formula is C17H25NO2S. The Morgan fingerprint density at radius 3 is 2.48 bits per heavy atom. The maximum atomic E-state index is 11.5. The van der Waals surface area contributed by atoms with E-state index < -0.39 is 11.5 Å². The fraction of sp³-hybridized carbons (Fsp3) is 0.588. The minimum absolute atomic E-state index is 0.413. The highest BCUT2D eigenvalue weighted by molar-refractivity contribution is 7.98. The van der Waals surface area contributed by atoms with Crippen molar-refractivity contribution in [2.24, 2.45) is 0 Å². The molecule has 1 unspecified atom stereocenters. The lowest BCUT2D eigenvalue weighted by Crippen LogP contribution is -2.50. The van der Waals surface area contributed by atoms with Crippen LogP contribution in [0.2, 0.25) is 0 Å². The van der Waals surface area contributed by atoms with Crippen LogP contribution in [-0.4, -0.2) is 28.4 Å². The number of carboxylic acid groups (broad SMARTS) is 1. The van der Waals surface area contributed by atoms with Crippen LogP contribution < -0.4 is 5.32 Å². The van der Waals surface area contributed by atoms with E-state index in [4.69, 9.17) is 0 Å². The smallest absolute Gasteiger partial charge is 0.323 e. The first-order chi connectivity index (χ1) is 9.89. The SMILES string of the molecule is Cc1cc(C)cc(CSCCC(C)(NC2CC2)C(=O)O)c1. The first kappa shape index (κ1) is 16.4. The average Bonchev–Trinajstić information content (AvgIpc) is 3.17. The van der Waals surface area contributed by atoms with Gasteiger partial charge in [-0.05, 0) is 51.3 Å². The first-order valence-corrected chi connectivity index (χ1v) is 8.70. The standard InChI is InChI=1S/C17H25NO2S/c1-12-8-13(2)10-14(9-12)11-21-7-6-17(3,16(19)20)18-15-4-5-15/h8-10,15,18H,4-7,11H2,1-3H3,(H,19,20). The van der Waals surface area contributed by atoms with Crippen LogP contribution in [0.15, 0.2) is 18.2 Å². The lowest BCUT2D eigenvalue weighted by atomic mass is 9.99. The molecule has 1 aromatic carbocycles. The molecule has 1 saturated carbocycles. The topological polar surface area (TPSA) is 49.3 Å². The zero-order valence-electron chi connectivity index (χ0n) is 13.1. The van der Waals surface area contributed by atoms with Crippen LogP contribution in [-0.2, 0) is 10.5 Å². The van der Waals surface area contributed by atoms with E-state index in [0.717, 1.165) is 24.3 Å². The summed E-state index contributed by atoms with van der Waals surface area (Å²) in [7, 11) is 0. The van der Waals surface area contributed by atoms with Gasteiger partial charge in [0.05, 0.1) is 0 Å². The highest BCUT2D eigenvalue weighted by atomic mass is 32.2. The van der Waals surface area contributed by atoms with Crippen LogP contribution in [0.25, 0.3) is 0 Å². The van der Waals surface area contributed by atoms with E-state index in [0.29, 0.717) is 12.5 Å². The molecule has 0 amide bonds. The van der Waals surface area contributed by atoms with Gasteiger partial charge in [-0.2, -0.15) is 11.8 Å². The number of nitrogens with one attached hydrogen (secondary N) is 1. The minimum Gasteiger partial charge on any atom is -0.480 e. The second-order valence-corrected chi connectivity index (χ2v) is 7.46. The van der Waals surface area contributed by atoms with Crippen molar-refractivity contribution >= 4 is 17.7 Å². The van der Waals surface area contributed by atoms with Crippen molar-refractivity contribution in [3.63, 3.8) is 0 Å². The number of aryl methyl sites for hydroxylation is 2. The monoisotopic (exact) mass is 307 g/mol. The molecule has 4 heteroatoms. The highest BCUT2D eigenvalue weighted by Gasteiger charge is 2.37. The van der Waals surface area contributed by atoms with Crippen molar-refractivity contribution in [3.8, 4) is 0 Å². The summed E-state index contributed by atoms with van der Waals surface area (Å²) in [5, 5.41) is 12.7. The average molecular weight is 307 g/mol. The molecule has 0 aliphatic heterocycles. The Labute approximate surface area is 131 Å². The van der Waals surface area contributed by atoms with Crippen molar-refractivity contribution in [1.29, 1.82) is 0 Å². The van der Waals surface area contributed by atoms with E-state index in [-0.39, 0.29) is 0 Å². The van der Waals surface area contributed by atoms with Crippen LogP contribution in [0.5, 0.6) is 0 Å². The van der Waals surface area contributed by atoms with Gasteiger partial charge in [0.25, 0.3) is 0 Å². The summed E-state index contributed by atoms with van der Waals surface area (Å²) in [5.41, 5.74) is 3.12. The Balaban J connectivity index is 1.80. The third-order valence-electron chi connectivity index (χ3n) is 3.87. The van der Waals surface area contributed by atoms with Crippen LogP contribution in [0.1, 0.15) is 42.9 Å². The number of benzene rings is 1. The van der Waals surface area contributed by atoms with Crippen molar-refractivity contribution in [3.05, 3.63) is 34.9 Å². The second-order valence-electron chi connectivity index (χ2n) is 6.35. The van der Waals surface area contributed by atoms with E-state index >= 15 is 0 Å². The summed E-state index contributed by atoms with van der Waals surface area (Å²) in [4.78, 5) is 11.5. The molecule has 1 atom stereocenters. The Kier molecular flexibility index (Phi) is 5.33. The van der Waals surface area contributed by atoms with Gasteiger partial charge in [-0.25, -0.2) is 0 Å². The summed E-state index contributed by atoms with van der Waals surface area (Å²) in [5.74, 6) is 1.07. The Morgan fingerprint density at radius 1 is 1.33 bits per heavy atom. The van der Waals surface area contributed by atoms with Gasteiger partial charge >= 0.3 is 5.97 Å². The molecule has 1 aromatic rings. The van der Waals surface area contributed by atoms with Gasteiger partial charge < -0.3 is 5.11 Å². The lowest BCUT2D eigenvalue weighted by molar-refractivity contribution is -0.144. The zero-order chi connectivity index (χ0) is 15.5. The molecule has 1 aliphatic carbocycles. The van der Waals surface area contributed by atoms with Crippen molar-refractivity contribution in [1.82, 2.24) is 5.32 Å². The number of hydrogen-bond donors (Lipinski definition) is 2. The van der Waals surface area contributed by atoms with Crippen LogP contribution in [0.3, 0.4) is 0 Å². The predicted octanol–water partition coefficient (Wildman–Crippen LogP) is 3.52. The zero-order valence-corrected chi connectivity index (χ0v) is 13.9. The number of rotatable bonds is 8. The molecule has 3 nitrogen and oxygen atoms in total. The molecule has 1 aliphatic rings. The largest absolute Gasteiger partial charge is 0.480 e. The van der Waals surface area contributed by atoms with Gasteiger partial charge in [0, 0.05) is 11.8 Å². The first-order valence-electron chi connectivity index (χ1n) is 7.55. The van der Waals surface area contributed by atoms with Gasteiger partial charge in [0.2, 0.25) is 0 Å². The molecule has 116 valence electrons. The number of carboxylic acids is 1. The van der Waals surface area contributed by atoms with Gasteiger partial charge in [-0.3, -0.25) is 10.1 Å². The number of aliphatic carboxylic acids is 1. The van der Waals surface area contributed by atoms with E-state index in [1.165, 1.54) is 16.7 Å². The van der Waals surface area contributed by atoms with Crippen LogP contribution in [0.4, 0.5) is 0 Å². The summed E-state index contributed by atoms with van der Waals surface area (Å²) in [6.45, 7) is 6.04. The van der Waals surface area contributed by atoms with E-state index in [1.54, 1.807) is 0 Å². The molecule has 0 spiro atoms. The summed E-state index contributed by atoms with van der Waals surface area (Å²) < 4.78 is 0. The predicted molar refractivity (Wildman–Crippen MR) is 88.9 cm³/mol. The fourth-order valence-corrected chi connectivity index (χ4v) is 3.64. The number of thioether (sulfide) groups is 1. The Hall–Kier alpha value is -1.00. The maximum Gasteiger partial charge on any atom is 0.323 e. The molecule has 1 fully saturated rings. The fourth-order valence-electron chi connectivity index (χ4n) is 2.54. The van der Waals surface area contributed by atoms with Gasteiger partial charge in [-0.1, -0.05) is 29.3 Å². The maximum absolute atomic E-state index is 11.5. The molecule has 2 rings (SSSR count). The Bertz CT molecular complexity index is 493. The van der Waals surface area contributed by atoms with Gasteiger partial charge in [0.15, 0.2) is 0 Å².